The summed E-state index contributed by atoms with van der Waals surface area (Å²) in [5.41, 5.74) is 1.32. The molecule has 0 aliphatic heterocycles. The number of hydrogen-bond acceptors (Lipinski definition) is 5. The van der Waals surface area contributed by atoms with Gasteiger partial charge in [-0.1, -0.05) is 17.7 Å². The molecular weight excluding hydrogens is 416 g/mol. The molecule has 1 heterocycles. The Bertz CT molecular complexity index is 1110. The largest absolute Gasteiger partial charge is 0.497 e. The Labute approximate surface area is 175 Å². The van der Waals surface area contributed by atoms with Gasteiger partial charge in [0.15, 0.2) is 0 Å². The van der Waals surface area contributed by atoms with Gasteiger partial charge in [0.1, 0.15) is 5.75 Å². The van der Waals surface area contributed by atoms with E-state index in [1.165, 1.54) is 10.0 Å². The molecule has 0 fully saturated rings. The Kier molecular flexibility index (Phi) is 6.29. The third-order valence-electron chi connectivity index (χ3n) is 4.42. The minimum atomic E-state index is -3.79. The standard InChI is InChI=1S/C20H23ClN2O3S2/c1-14-20(27-11-10-22(2)3)18-13-16(26-4)8-9-19(18)23(14)28(24,25)17-7-5-6-15(21)12-17/h5-9,12-13H,10-11H2,1-4H3. The van der Waals surface area contributed by atoms with Crippen molar-refractivity contribution in [2.45, 2.75) is 16.7 Å². The van der Waals surface area contributed by atoms with Crippen LogP contribution in [0.3, 0.4) is 0 Å². The maximum atomic E-state index is 13.4. The van der Waals surface area contributed by atoms with Crippen molar-refractivity contribution in [3.8, 4) is 5.75 Å². The summed E-state index contributed by atoms with van der Waals surface area (Å²) in [6, 6.07) is 11.8. The van der Waals surface area contributed by atoms with E-state index in [2.05, 4.69) is 4.90 Å². The number of thioether (sulfide) groups is 1. The van der Waals surface area contributed by atoms with Crippen molar-refractivity contribution in [2.75, 3.05) is 33.5 Å². The maximum Gasteiger partial charge on any atom is 0.268 e. The molecule has 0 saturated heterocycles. The molecule has 1 aromatic heterocycles. The zero-order chi connectivity index (χ0) is 20.5. The first-order valence-corrected chi connectivity index (χ1v) is 11.5. The van der Waals surface area contributed by atoms with E-state index in [-0.39, 0.29) is 4.90 Å². The van der Waals surface area contributed by atoms with E-state index < -0.39 is 10.0 Å². The molecule has 5 nitrogen and oxygen atoms in total. The molecule has 0 N–H and O–H groups in total. The normalized spacial score (nSPS) is 12.1. The maximum absolute atomic E-state index is 13.4. The molecule has 0 atom stereocenters. The van der Waals surface area contributed by atoms with Crippen LogP contribution in [-0.2, 0) is 10.0 Å². The van der Waals surface area contributed by atoms with E-state index in [1.54, 1.807) is 49.2 Å². The van der Waals surface area contributed by atoms with Crippen molar-refractivity contribution in [2.24, 2.45) is 0 Å². The van der Waals surface area contributed by atoms with Crippen LogP contribution in [-0.4, -0.2) is 50.8 Å². The molecular formula is C20H23ClN2O3S2. The highest BCUT2D eigenvalue weighted by molar-refractivity contribution is 7.99. The van der Waals surface area contributed by atoms with Crippen LogP contribution in [0, 0.1) is 6.92 Å². The monoisotopic (exact) mass is 438 g/mol. The number of ether oxygens (including phenoxy) is 1. The Hall–Kier alpha value is -1.67. The predicted octanol–water partition coefficient (Wildman–Crippen LogP) is 4.50. The van der Waals surface area contributed by atoms with Crippen molar-refractivity contribution in [1.29, 1.82) is 0 Å². The average Bonchev–Trinajstić information content (AvgIpc) is 2.93. The molecule has 2 aromatic carbocycles. The molecule has 8 heteroatoms. The van der Waals surface area contributed by atoms with Gasteiger partial charge in [-0.25, -0.2) is 12.4 Å². The van der Waals surface area contributed by atoms with Crippen LogP contribution in [0.15, 0.2) is 52.3 Å². The molecule has 3 aromatic rings. The van der Waals surface area contributed by atoms with Gasteiger partial charge in [0.25, 0.3) is 10.0 Å². The number of aromatic nitrogens is 1. The van der Waals surface area contributed by atoms with Crippen LogP contribution in [0.1, 0.15) is 5.69 Å². The number of benzene rings is 2. The third kappa shape index (κ3) is 4.03. The Balaban J connectivity index is 2.21. The summed E-state index contributed by atoms with van der Waals surface area (Å²) in [5.74, 6) is 1.54. The lowest BCUT2D eigenvalue weighted by atomic mass is 10.2. The highest BCUT2D eigenvalue weighted by atomic mass is 35.5. The van der Waals surface area contributed by atoms with Crippen molar-refractivity contribution in [3.63, 3.8) is 0 Å². The third-order valence-corrected chi connectivity index (χ3v) is 7.65. The summed E-state index contributed by atoms with van der Waals surface area (Å²) in [7, 11) is 1.85. The van der Waals surface area contributed by atoms with Gasteiger partial charge in [0.05, 0.1) is 17.5 Å². The molecule has 0 unspecified atom stereocenters. The number of hydrogen-bond donors (Lipinski definition) is 0. The van der Waals surface area contributed by atoms with Gasteiger partial charge in [-0.2, -0.15) is 0 Å². The SMILES string of the molecule is COc1ccc2c(c1)c(SCCN(C)C)c(C)n2S(=O)(=O)c1cccc(Cl)c1. The lowest BCUT2D eigenvalue weighted by Crippen LogP contribution is -2.15. The number of methoxy groups -OCH3 is 1. The number of halogens is 1. The zero-order valence-electron chi connectivity index (χ0n) is 16.3. The zero-order valence-corrected chi connectivity index (χ0v) is 18.7. The summed E-state index contributed by atoms with van der Waals surface area (Å²) in [5, 5.41) is 1.25. The van der Waals surface area contributed by atoms with Crippen LogP contribution in [0.4, 0.5) is 0 Å². The van der Waals surface area contributed by atoms with E-state index in [1.807, 2.05) is 27.1 Å². The number of nitrogens with zero attached hydrogens (tertiary/aromatic N) is 2. The van der Waals surface area contributed by atoms with Crippen molar-refractivity contribution in [3.05, 3.63) is 53.2 Å². The second-order valence-corrected chi connectivity index (χ2v) is 10.0. The van der Waals surface area contributed by atoms with Gasteiger partial charge in [0, 0.05) is 33.3 Å². The van der Waals surface area contributed by atoms with E-state index in [0.717, 1.165) is 22.6 Å². The molecule has 0 saturated carbocycles. The molecule has 28 heavy (non-hydrogen) atoms. The molecule has 0 aliphatic carbocycles. The van der Waals surface area contributed by atoms with Crippen molar-refractivity contribution in [1.82, 2.24) is 8.87 Å². The van der Waals surface area contributed by atoms with Crippen LogP contribution in [0.5, 0.6) is 5.75 Å². The van der Waals surface area contributed by atoms with Crippen LogP contribution >= 0.6 is 23.4 Å². The van der Waals surface area contributed by atoms with Crippen LogP contribution < -0.4 is 4.74 Å². The number of fused-ring (bicyclic) bond motifs is 1. The lowest BCUT2D eigenvalue weighted by molar-refractivity contribution is 0.415. The summed E-state index contributed by atoms with van der Waals surface area (Å²) < 4.78 is 33.6. The molecule has 0 spiro atoms. The fourth-order valence-corrected chi connectivity index (χ4v) is 6.22. The summed E-state index contributed by atoms with van der Waals surface area (Å²) in [6.07, 6.45) is 0. The molecule has 0 radical (unpaired) electrons. The van der Waals surface area contributed by atoms with Crippen molar-refractivity contribution >= 4 is 44.3 Å². The van der Waals surface area contributed by atoms with Crippen LogP contribution in [0.2, 0.25) is 5.02 Å². The van der Waals surface area contributed by atoms with Crippen molar-refractivity contribution < 1.29 is 13.2 Å². The second-order valence-electron chi connectivity index (χ2n) is 6.68. The topological polar surface area (TPSA) is 51.5 Å². The molecule has 0 aliphatic rings. The first kappa shape index (κ1) is 21.0. The van der Waals surface area contributed by atoms with E-state index >= 15 is 0 Å². The minimum absolute atomic E-state index is 0.167. The van der Waals surface area contributed by atoms with Crippen LogP contribution in [0.25, 0.3) is 10.9 Å². The van der Waals surface area contributed by atoms with E-state index in [0.29, 0.717) is 22.0 Å². The second kappa shape index (κ2) is 8.37. The van der Waals surface area contributed by atoms with Gasteiger partial charge >= 0.3 is 0 Å². The fourth-order valence-electron chi connectivity index (χ4n) is 3.02. The van der Waals surface area contributed by atoms with E-state index in [9.17, 15) is 8.42 Å². The smallest absolute Gasteiger partial charge is 0.268 e. The van der Waals surface area contributed by atoms with Gasteiger partial charge < -0.3 is 9.64 Å². The Morgan fingerprint density at radius 3 is 2.57 bits per heavy atom. The molecule has 0 amide bonds. The van der Waals surface area contributed by atoms with E-state index in [4.69, 9.17) is 16.3 Å². The predicted molar refractivity (Wildman–Crippen MR) is 117 cm³/mol. The first-order valence-electron chi connectivity index (χ1n) is 8.73. The summed E-state index contributed by atoms with van der Waals surface area (Å²) >= 11 is 7.69. The fraction of sp³-hybridized carbons (Fsp3) is 0.300. The Morgan fingerprint density at radius 1 is 1.18 bits per heavy atom. The quantitative estimate of drug-likeness (QED) is 0.508. The van der Waals surface area contributed by atoms with Gasteiger partial charge in [-0.05, 0) is 57.4 Å². The minimum Gasteiger partial charge on any atom is -0.497 e. The highest BCUT2D eigenvalue weighted by Crippen LogP contribution is 2.38. The number of rotatable bonds is 7. The Morgan fingerprint density at radius 2 is 1.93 bits per heavy atom. The highest BCUT2D eigenvalue weighted by Gasteiger charge is 2.25. The molecule has 150 valence electrons. The molecule has 3 rings (SSSR count). The lowest BCUT2D eigenvalue weighted by Gasteiger charge is -2.11. The van der Waals surface area contributed by atoms with Gasteiger partial charge in [0.2, 0.25) is 0 Å². The van der Waals surface area contributed by atoms with Gasteiger partial charge in [-0.3, -0.25) is 0 Å². The van der Waals surface area contributed by atoms with Gasteiger partial charge in [-0.15, -0.1) is 11.8 Å². The summed E-state index contributed by atoms with van der Waals surface area (Å²) in [6.45, 7) is 2.73. The first-order chi connectivity index (χ1) is 13.3. The average molecular weight is 439 g/mol. The summed E-state index contributed by atoms with van der Waals surface area (Å²) in [4.78, 5) is 3.21. The molecule has 0 bridgehead atoms.